The van der Waals surface area contributed by atoms with Crippen molar-refractivity contribution in [3.63, 3.8) is 0 Å². The minimum Gasteiger partial charge on any atom is -0.480 e. The highest BCUT2D eigenvalue weighted by Gasteiger charge is 2.38. The summed E-state index contributed by atoms with van der Waals surface area (Å²) in [5.74, 6) is -1.11. The first-order chi connectivity index (χ1) is 16.5. The fourth-order valence-electron chi connectivity index (χ4n) is 4.49. The summed E-state index contributed by atoms with van der Waals surface area (Å²) in [6.45, 7) is 0.107. The van der Waals surface area contributed by atoms with E-state index < -0.39 is 30.1 Å². The predicted octanol–water partition coefficient (Wildman–Crippen LogP) is 3.57. The van der Waals surface area contributed by atoms with Gasteiger partial charge in [0.25, 0.3) is 0 Å². The standard InChI is InChI=1S/C25H25N3O5S/c26-12-6-5-11-21(23(29)28-15-34-14-22(28)24(30)31)27-25(32)33-13-20-18-9-3-1-7-16(18)17-8-2-4-10-19(17)20/h1-4,7-10,20-22H,5-6,11,13-15H2,(H,27,32)(H,30,31)/t21?,22-/m0/s1. The van der Waals surface area contributed by atoms with E-state index in [1.165, 1.54) is 16.7 Å². The Morgan fingerprint density at radius 2 is 1.79 bits per heavy atom. The molecule has 0 radical (unpaired) electrons. The Morgan fingerprint density at radius 3 is 2.41 bits per heavy atom. The van der Waals surface area contributed by atoms with Crippen LogP contribution < -0.4 is 5.32 Å². The Hall–Kier alpha value is -3.51. The van der Waals surface area contributed by atoms with Gasteiger partial charge >= 0.3 is 12.1 Å². The number of hydrogen-bond acceptors (Lipinski definition) is 6. The van der Waals surface area contributed by atoms with Crippen LogP contribution in [0.4, 0.5) is 4.79 Å². The van der Waals surface area contributed by atoms with Crippen molar-refractivity contribution >= 4 is 29.7 Å². The van der Waals surface area contributed by atoms with Crippen molar-refractivity contribution in [2.75, 3.05) is 18.2 Å². The number of fused-ring (bicyclic) bond motifs is 3. The van der Waals surface area contributed by atoms with Gasteiger partial charge in [-0.2, -0.15) is 5.26 Å². The number of nitriles is 1. The lowest BCUT2D eigenvalue weighted by Gasteiger charge is -2.26. The summed E-state index contributed by atoms with van der Waals surface area (Å²) in [6.07, 6.45) is 0.114. The molecular weight excluding hydrogens is 454 g/mol. The highest BCUT2D eigenvalue weighted by molar-refractivity contribution is 7.99. The number of carbonyl (C=O) groups excluding carboxylic acids is 2. The van der Waals surface area contributed by atoms with Crippen molar-refractivity contribution in [3.05, 3.63) is 59.7 Å². The third-order valence-corrected chi connectivity index (χ3v) is 7.18. The SMILES string of the molecule is N#CCCCC(NC(=O)OCC1c2ccccc2-c2ccccc21)C(=O)N1CSC[C@H]1C(=O)O. The first kappa shape index (κ1) is 23.6. The lowest BCUT2D eigenvalue weighted by Crippen LogP contribution is -2.52. The zero-order chi connectivity index (χ0) is 24.1. The maximum Gasteiger partial charge on any atom is 0.407 e. The van der Waals surface area contributed by atoms with Crippen LogP contribution >= 0.6 is 11.8 Å². The van der Waals surface area contributed by atoms with E-state index in [2.05, 4.69) is 5.32 Å². The Morgan fingerprint density at radius 1 is 1.15 bits per heavy atom. The van der Waals surface area contributed by atoms with Crippen LogP contribution in [0, 0.1) is 11.3 Å². The maximum absolute atomic E-state index is 13.1. The van der Waals surface area contributed by atoms with Crippen LogP contribution in [0.2, 0.25) is 0 Å². The first-order valence-corrected chi connectivity index (χ1v) is 12.3. The fraction of sp³-hybridized carbons (Fsp3) is 0.360. The number of carbonyl (C=O) groups is 3. The highest BCUT2D eigenvalue weighted by Crippen LogP contribution is 2.44. The van der Waals surface area contributed by atoms with Crippen molar-refractivity contribution < 1.29 is 24.2 Å². The maximum atomic E-state index is 13.1. The first-order valence-electron chi connectivity index (χ1n) is 11.1. The van der Waals surface area contributed by atoms with Gasteiger partial charge in [-0.15, -0.1) is 11.8 Å². The number of unbranched alkanes of at least 4 members (excludes halogenated alkanes) is 1. The van der Waals surface area contributed by atoms with Crippen LogP contribution in [-0.4, -0.2) is 58.3 Å². The summed E-state index contributed by atoms with van der Waals surface area (Å²) in [6, 6.07) is 16.1. The number of alkyl carbamates (subject to hydrolysis) is 1. The number of amides is 2. The number of nitrogens with one attached hydrogen (secondary N) is 1. The van der Waals surface area contributed by atoms with Gasteiger partial charge in [0.1, 0.15) is 18.7 Å². The van der Waals surface area contributed by atoms with Crippen LogP contribution in [0.1, 0.15) is 36.3 Å². The van der Waals surface area contributed by atoms with Crippen LogP contribution in [-0.2, 0) is 14.3 Å². The molecule has 4 rings (SSSR count). The summed E-state index contributed by atoms with van der Waals surface area (Å²) >= 11 is 1.35. The number of nitrogens with zero attached hydrogens (tertiary/aromatic N) is 2. The second-order valence-corrected chi connectivity index (χ2v) is 9.23. The number of benzene rings is 2. The van der Waals surface area contributed by atoms with Gasteiger partial charge in [0.05, 0.1) is 11.9 Å². The lowest BCUT2D eigenvalue weighted by molar-refractivity contribution is -0.148. The molecule has 2 aliphatic rings. The third kappa shape index (κ3) is 4.87. The molecule has 1 saturated heterocycles. The van der Waals surface area contributed by atoms with Gasteiger partial charge in [0.15, 0.2) is 0 Å². The van der Waals surface area contributed by atoms with Gasteiger partial charge in [0, 0.05) is 18.1 Å². The number of carboxylic acids is 1. The van der Waals surface area contributed by atoms with Gasteiger partial charge in [0.2, 0.25) is 5.91 Å². The van der Waals surface area contributed by atoms with E-state index in [0.29, 0.717) is 12.2 Å². The molecule has 176 valence electrons. The summed E-state index contributed by atoms with van der Waals surface area (Å²) in [5, 5.41) is 20.9. The van der Waals surface area contributed by atoms with Crippen LogP contribution in [0.25, 0.3) is 11.1 Å². The van der Waals surface area contributed by atoms with E-state index in [9.17, 15) is 19.5 Å². The average molecular weight is 480 g/mol. The van der Waals surface area contributed by atoms with Gasteiger partial charge in [-0.25, -0.2) is 9.59 Å². The Bertz CT molecular complexity index is 1090. The van der Waals surface area contributed by atoms with Crippen molar-refractivity contribution in [2.45, 2.75) is 37.3 Å². The summed E-state index contributed by atoms with van der Waals surface area (Å²) in [4.78, 5) is 38.6. The third-order valence-electron chi connectivity index (χ3n) is 6.17. The minimum atomic E-state index is -1.07. The largest absolute Gasteiger partial charge is 0.480 e. The topological polar surface area (TPSA) is 120 Å². The monoisotopic (exact) mass is 479 g/mol. The van der Waals surface area contributed by atoms with Crippen molar-refractivity contribution in [3.8, 4) is 17.2 Å². The molecule has 2 amide bonds. The van der Waals surface area contributed by atoms with Crippen LogP contribution in [0.15, 0.2) is 48.5 Å². The average Bonchev–Trinajstić information content (AvgIpc) is 3.45. The van der Waals surface area contributed by atoms with Gasteiger partial charge < -0.3 is 20.1 Å². The molecule has 8 nitrogen and oxygen atoms in total. The smallest absolute Gasteiger partial charge is 0.407 e. The molecule has 1 aliphatic heterocycles. The molecule has 0 saturated carbocycles. The number of rotatable bonds is 8. The summed E-state index contributed by atoms with van der Waals surface area (Å²) in [5.41, 5.74) is 4.39. The number of thioether (sulfide) groups is 1. The molecule has 1 heterocycles. The quantitative estimate of drug-likeness (QED) is 0.556. The number of aliphatic carboxylic acids is 1. The van der Waals surface area contributed by atoms with Crippen LogP contribution in [0.5, 0.6) is 0 Å². The zero-order valence-electron chi connectivity index (χ0n) is 18.5. The summed E-state index contributed by atoms with van der Waals surface area (Å²) < 4.78 is 5.56. The van der Waals surface area contributed by atoms with Gasteiger partial charge in [-0.1, -0.05) is 48.5 Å². The predicted molar refractivity (Wildman–Crippen MR) is 127 cm³/mol. The van der Waals surface area contributed by atoms with Gasteiger partial charge in [-0.05, 0) is 35.1 Å². The molecule has 1 unspecified atom stereocenters. The second-order valence-electron chi connectivity index (χ2n) is 8.23. The molecule has 1 fully saturated rings. The highest BCUT2D eigenvalue weighted by atomic mass is 32.2. The van der Waals surface area contributed by atoms with Crippen molar-refractivity contribution in [2.24, 2.45) is 0 Å². The number of hydrogen-bond donors (Lipinski definition) is 2. The number of carboxylic acid groups (broad SMARTS) is 1. The number of ether oxygens (including phenoxy) is 1. The molecule has 1 aliphatic carbocycles. The van der Waals surface area contributed by atoms with Crippen molar-refractivity contribution in [1.82, 2.24) is 10.2 Å². The summed E-state index contributed by atoms with van der Waals surface area (Å²) in [7, 11) is 0. The van der Waals surface area contributed by atoms with E-state index in [4.69, 9.17) is 10.00 Å². The molecule has 2 N–H and O–H groups in total. The Balaban J connectivity index is 1.44. The van der Waals surface area contributed by atoms with Crippen LogP contribution in [0.3, 0.4) is 0 Å². The van der Waals surface area contributed by atoms with E-state index in [1.54, 1.807) is 0 Å². The molecule has 2 atom stereocenters. The zero-order valence-corrected chi connectivity index (χ0v) is 19.3. The molecule has 0 spiro atoms. The molecule has 0 bridgehead atoms. The molecule has 2 aromatic rings. The van der Waals surface area contributed by atoms with E-state index in [0.717, 1.165) is 22.3 Å². The normalized spacial score (nSPS) is 17.4. The second kappa shape index (κ2) is 10.6. The molecular formula is C25H25N3O5S. The Kier molecular flexibility index (Phi) is 7.38. The van der Waals surface area contributed by atoms with E-state index >= 15 is 0 Å². The van der Waals surface area contributed by atoms with Gasteiger partial charge in [-0.3, -0.25) is 4.79 Å². The van der Waals surface area contributed by atoms with Crippen molar-refractivity contribution in [1.29, 1.82) is 5.26 Å². The molecule has 0 aromatic heterocycles. The van der Waals surface area contributed by atoms with E-state index in [-0.39, 0.29) is 31.2 Å². The lowest BCUT2D eigenvalue weighted by atomic mass is 9.98. The Labute approximate surface area is 201 Å². The van der Waals surface area contributed by atoms with E-state index in [1.807, 2.05) is 54.6 Å². The molecule has 2 aromatic carbocycles. The minimum absolute atomic E-state index is 0.107. The molecule has 9 heteroatoms. The molecule has 34 heavy (non-hydrogen) atoms. The fourth-order valence-corrected chi connectivity index (χ4v) is 5.64.